The molecule has 2 aliphatic carbocycles. The lowest BCUT2D eigenvalue weighted by molar-refractivity contribution is -0.0474. The van der Waals surface area contributed by atoms with Crippen molar-refractivity contribution >= 4 is 0 Å². The van der Waals surface area contributed by atoms with E-state index in [1.54, 1.807) is 0 Å². The van der Waals surface area contributed by atoms with Gasteiger partial charge in [-0.2, -0.15) is 0 Å². The summed E-state index contributed by atoms with van der Waals surface area (Å²) in [5.41, 5.74) is 0. The van der Waals surface area contributed by atoms with Gasteiger partial charge in [0.2, 0.25) is 0 Å². The largest absolute Gasteiger partial charge is 0.244 e. The minimum absolute atomic E-state index is 0.436. The maximum absolute atomic E-state index is 14.6. The molecule has 0 spiro atoms. The van der Waals surface area contributed by atoms with Gasteiger partial charge >= 0.3 is 0 Å². The molecule has 2 aliphatic rings. The summed E-state index contributed by atoms with van der Waals surface area (Å²) in [6, 6.07) is 0. The third-order valence-electron chi connectivity index (χ3n) is 8.14. The smallest absolute Gasteiger partial charge is 0.168 e. The normalized spacial score (nSPS) is 32.6. The van der Waals surface area contributed by atoms with Gasteiger partial charge < -0.3 is 0 Å². The second-order valence-electron chi connectivity index (χ2n) is 10.5. The molecule has 0 radical (unpaired) electrons. The van der Waals surface area contributed by atoms with Crippen LogP contribution < -0.4 is 0 Å². The Kier molecular flexibility index (Phi) is 12.2. The summed E-state index contributed by atoms with van der Waals surface area (Å²) in [4.78, 5) is 0. The number of rotatable bonds is 13. The van der Waals surface area contributed by atoms with E-state index < -0.39 is 48.9 Å². The van der Waals surface area contributed by atoms with Crippen LogP contribution in [0.5, 0.6) is 0 Å². The van der Waals surface area contributed by atoms with Crippen molar-refractivity contribution in [1.82, 2.24) is 0 Å². The Morgan fingerprint density at radius 1 is 0.500 bits per heavy atom. The molecule has 2 fully saturated rings. The lowest BCUT2D eigenvalue weighted by atomic mass is 9.75. The number of hydrogen-bond donors (Lipinski definition) is 0. The Hall–Kier alpha value is -0.420. The molecule has 0 aromatic carbocycles. The van der Waals surface area contributed by atoms with E-state index in [1.807, 2.05) is 0 Å². The third-order valence-corrected chi connectivity index (χ3v) is 8.14. The second-order valence-corrected chi connectivity index (χ2v) is 10.5. The van der Waals surface area contributed by atoms with E-state index >= 15 is 0 Å². The molecule has 0 aliphatic heterocycles. The minimum atomic E-state index is -2.98. The fraction of sp³-hybridized carbons (Fsp3) is 1.00. The molecule has 0 N–H and O–H groups in total. The average Bonchev–Trinajstić information content (AvgIpc) is 2.84. The Bertz CT molecular complexity index is 443. The molecule has 190 valence electrons. The van der Waals surface area contributed by atoms with Crippen LogP contribution >= 0.6 is 0 Å². The predicted octanol–water partition coefficient (Wildman–Crippen LogP) is 9.01. The highest BCUT2D eigenvalue weighted by Crippen LogP contribution is 2.40. The molecule has 0 bridgehead atoms. The number of halogens is 6. The number of alkyl halides is 6. The summed E-state index contributed by atoms with van der Waals surface area (Å²) in [7, 11) is 0. The molecule has 2 saturated carbocycles. The van der Waals surface area contributed by atoms with Crippen molar-refractivity contribution in [3.63, 3.8) is 0 Å². The van der Waals surface area contributed by atoms with Crippen LogP contribution in [0.15, 0.2) is 0 Å². The summed E-state index contributed by atoms with van der Waals surface area (Å²) in [5, 5.41) is 0. The summed E-state index contributed by atoms with van der Waals surface area (Å²) >= 11 is 0. The Balaban J connectivity index is 1.80. The molecule has 0 heterocycles. The van der Waals surface area contributed by atoms with Crippen molar-refractivity contribution < 1.29 is 26.3 Å². The van der Waals surface area contributed by atoms with E-state index in [0.717, 1.165) is 64.2 Å². The summed E-state index contributed by atoms with van der Waals surface area (Å²) in [6.45, 7) is 4.20. The van der Waals surface area contributed by atoms with Crippen LogP contribution in [0.3, 0.4) is 0 Å². The van der Waals surface area contributed by atoms with Gasteiger partial charge in [-0.3, -0.25) is 0 Å². The zero-order chi connectivity index (χ0) is 23.7. The van der Waals surface area contributed by atoms with Crippen molar-refractivity contribution in [2.75, 3.05) is 0 Å². The van der Waals surface area contributed by atoms with Crippen molar-refractivity contribution in [2.45, 2.75) is 141 Å². The molecule has 6 heteroatoms. The molecule has 0 saturated heterocycles. The topological polar surface area (TPSA) is 0 Å². The zero-order valence-electron chi connectivity index (χ0n) is 19.9. The minimum Gasteiger partial charge on any atom is -0.244 e. The first-order chi connectivity index (χ1) is 15.3. The van der Waals surface area contributed by atoms with Crippen LogP contribution in [-0.4, -0.2) is 37.0 Å². The molecule has 0 aromatic rings. The van der Waals surface area contributed by atoms with E-state index in [2.05, 4.69) is 13.8 Å². The molecule has 0 nitrogen and oxygen atoms in total. The Morgan fingerprint density at radius 3 is 1.09 bits per heavy atom. The van der Waals surface area contributed by atoms with Crippen LogP contribution in [0.25, 0.3) is 0 Å². The maximum atomic E-state index is 14.6. The summed E-state index contributed by atoms with van der Waals surface area (Å²) in [5.74, 6) is -0.394. The van der Waals surface area contributed by atoms with Gasteiger partial charge in [-0.15, -0.1) is 0 Å². The van der Waals surface area contributed by atoms with Crippen LogP contribution in [0.4, 0.5) is 26.3 Å². The first kappa shape index (κ1) is 27.8. The second kappa shape index (κ2) is 14.1. The number of hydrogen-bond acceptors (Lipinski definition) is 0. The zero-order valence-corrected chi connectivity index (χ0v) is 19.9. The van der Waals surface area contributed by atoms with Crippen LogP contribution in [-0.2, 0) is 0 Å². The Labute approximate surface area is 191 Å². The van der Waals surface area contributed by atoms with Crippen LogP contribution in [0, 0.1) is 23.7 Å². The molecule has 0 unspecified atom stereocenters. The average molecular weight is 471 g/mol. The van der Waals surface area contributed by atoms with Gasteiger partial charge in [0.25, 0.3) is 0 Å². The molecule has 6 atom stereocenters. The van der Waals surface area contributed by atoms with E-state index in [-0.39, 0.29) is 0 Å². The van der Waals surface area contributed by atoms with Gasteiger partial charge in [-0.05, 0) is 49.4 Å². The Morgan fingerprint density at radius 2 is 0.812 bits per heavy atom. The molecule has 32 heavy (non-hydrogen) atoms. The highest BCUT2D eigenvalue weighted by atomic mass is 19.2. The maximum Gasteiger partial charge on any atom is 0.168 e. The van der Waals surface area contributed by atoms with E-state index in [9.17, 15) is 26.3 Å². The summed E-state index contributed by atoms with van der Waals surface area (Å²) < 4.78 is 87.1. The first-order valence-electron chi connectivity index (χ1n) is 13.1. The van der Waals surface area contributed by atoms with Crippen molar-refractivity contribution in [3.8, 4) is 0 Å². The van der Waals surface area contributed by atoms with Crippen LogP contribution in [0.2, 0.25) is 0 Å². The van der Waals surface area contributed by atoms with Crippen molar-refractivity contribution in [3.05, 3.63) is 0 Å². The first-order valence-corrected chi connectivity index (χ1v) is 13.1. The van der Waals surface area contributed by atoms with Gasteiger partial charge in [-0.25, -0.2) is 26.3 Å². The van der Waals surface area contributed by atoms with Gasteiger partial charge in [0.15, 0.2) is 24.7 Å². The van der Waals surface area contributed by atoms with Gasteiger partial charge in [0.1, 0.15) is 12.3 Å². The highest BCUT2D eigenvalue weighted by molar-refractivity contribution is 4.94. The molecular weight excluding hydrogens is 426 g/mol. The third kappa shape index (κ3) is 7.82. The van der Waals surface area contributed by atoms with E-state index in [1.165, 1.54) is 0 Å². The van der Waals surface area contributed by atoms with E-state index in [4.69, 9.17) is 0 Å². The lowest BCUT2D eigenvalue weighted by Gasteiger charge is -2.34. The van der Waals surface area contributed by atoms with E-state index in [0.29, 0.717) is 37.5 Å². The fourth-order valence-corrected chi connectivity index (χ4v) is 5.80. The number of unbranched alkanes of at least 4 members (excludes halogenated alkanes) is 2. The van der Waals surface area contributed by atoms with Gasteiger partial charge in [0, 0.05) is 0 Å². The van der Waals surface area contributed by atoms with Crippen molar-refractivity contribution in [2.24, 2.45) is 23.7 Å². The monoisotopic (exact) mass is 470 g/mol. The highest BCUT2D eigenvalue weighted by Gasteiger charge is 2.47. The molecule has 2 rings (SSSR count). The fourth-order valence-electron chi connectivity index (χ4n) is 5.80. The summed E-state index contributed by atoms with van der Waals surface area (Å²) in [6.07, 6.45) is -4.56. The SMILES string of the molecule is CCCCC1CCC([C@@H](F)[C@H](F)[C@H](F)[C@@H](F)[C@H](F)[C@H](F)C2CCC(CCCC)CC2)CC1. The lowest BCUT2D eigenvalue weighted by Crippen LogP contribution is -2.46. The predicted molar refractivity (Wildman–Crippen MR) is 119 cm³/mol. The van der Waals surface area contributed by atoms with Crippen molar-refractivity contribution in [1.29, 1.82) is 0 Å². The van der Waals surface area contributed by atoms with Crippen LogP contribution in [0.1, 0.15) is 104 Å². The standard InChI is InChI=1S/C26H44F6/c1-3-5-7-17-9-13-19(14-10-17)21(27)23(29)25(31)26(32)24(30)22(28)20-15-11-18(12-16-20)8-6-4-2/h17-26H,3-16H2,1-2H3/t17?,18?,19?,20?,21-,22-,23-,24+,25+,26+/m1/s1. The molecular formula is C26H44F6. The van der Waals surface area contributed by atoms with Gasteiger partial charge in [0.05, 0.1) is 0 Å². The molecule has 0 aromatic heterocycles. The quantitative estimate of drug-likeness (QED) is 0.236. The van der Waals surface area contributed by atoms with Gasteiger partial charge in [-0.1, -0.05) is 78.1 Å². The molecule has 0 amide bonds.